The topological polar surface area (TPSA) is 75.6 Å². The van der Waals surface area contributed by atoms with Crippen LogP contribution in [0.15, 0.2) is 24.3 Å². The Morgan fingerprint density at radius 3 is 2.38 bits per heavy atom. The van der Waals surface area contributed by atoms with Crippen LogP contribution in [0.2, 0.25) is 0 Å². The maximum absolute atomic E-state index is 12.0. The van der Waals surface area contributed by atoms with E-state index in [0.29, 0.717) is 25.0 Å². The minimum Gasteiger partial charge on any atom is -0.481 e. The molecule has 1 amide bonds. The molecule has 0 bridgehead atoms. The molecule has 0 aliphatic heterocycles. The van der Waals surface area contributed by atoms with E-state index in [4.69, 9.17) is 9.84 Å². The van der Waals surface area contributed by atoms with Crippen molar-refractivity contribution in [2.24, 2.45) is 5.41 Å². The summed E-state index contributed by atoms with van der Waals surface area (Å²) in [6.07, 6.45) is 1.43. The molecule has 114 valence electrons. The molecular weight excluding hydrogens is 270 g/mol. The van der Waals surface area contributed by atoms with E-state index in [1.807, 2.05) is 26.0 Å². The van der Waals surface area contributed by atoms with Crippen LogP contribution in [0.3, 0.4) is 0 Å². The third-order valence-electron chi connectivity index (χ3n) is 3.69. The lowest BCUT2D eigenvalue weighted by atomic mass is 10.1. The highest BCUT2D eigenvalue weighted by Crippen LogP contribution is 2.45. The summed E-state index contributed by atoms with van der Waals surface area (Å²) < 4.78 is 5.49. The molecule has 1 aromatic carbocycles. The van der Waals surface area contributed by atoms with Gasteiger partial charge in [0.1, 0.15) is 0 Å². The average molecular weight is 291 g/mol. The molecule has 0 radical (unpaired) electrons. The Kier molecular flexibility index (Phi) is 4.63. The van der Waals surface area contributed by atoms with E-state index in [0.717, 1.165) is 5.56 Å². The molecular formula is C16H21NO4. The number of carboxylic acids is 1. The molecule has 1 saturated carbocycles. The summed E-state index contributed by atoms with van der Waals surface area (Å²) >= 11 is 0. The fourth-order valence-corrected chi connectivity index (χ4v) is 1.98. The lowest BCUT2D eigenvalue weighted by Gasteiger charge is -2.11. The van der Waals surface area contributed by atoms with E-state index in [-0.39, 0.29) is 18.6 Å². The van der Waals surface area contributed by atoms with Crippen molar-refractivity contribution in [1.29, 1.82) is 0 Å². The molecule has 0 spiro atoms. The van der Waals surface area contributed by atoms with Gasteiger partial charge in [0.05, 0.1) is 18.1 Å². The van der Waals surface area contributed by atoms with Gasteiger partial charge in [0.2, 0.25) is 0 Å². The highest BCUT2D eigenvalue weighted by atomic mass is 16.5. The fourth-order valence-electron chi connectivity index (χ4n) is 1.98. The average Bonchev–Trinajstić information content (AvgIpc) is 3.24. The molecule has 1 fully saturated rings. The minimum atomic E-state index is -0.830. The maximum Gasteiger partial charge on any atom is 0.311 e. The number of benzene rings is 1. The van der Waals surface area contributed by atoms with Gasteiger partial charge in [-0.25, -0.2) is 0 Å². The Morgan fingerprint density at radius 1 is 1.29 bits per heavy atom. The van der Waals surface area contributed by atoms with E-state index in [1.54, 1.807) is 12.1 Å². The van der Waals surface area contributed by atoms with Crippen LogP contribution in [0.1, 0.15) is 42.6 Å². The molecule has 0 aromatic heterocycles. The quantitative estimate of drug-likeness (QED) is 0.807. The zero-order valence-corrected chi connectivity index (χ0v) is 12.4. The third-order valence-corrected chi connectivity index (χ3v) is 3.69. The zero-order valence-electron chi connectivity index (χ0n) is 12.4. The lowest BCUT2D eigenvalue weighted by molar-refractivity contribution is -0.143. The van der Waals surface area contributed by atoms with E-state index in [9.17, 15) is 9.59 Å². The van der Waals surface area contributed by atoms with Crippen molar-refractivity contribution in [3.63, 3.8) is 0 Å². The first-order valence-electron chi connectivity index (χ1n) is 7.15. The molecule has 0 saturated heterocycles. The summed E-state index contributed by atoms with van der Waals surface area (Å²) in [7, 11) is 0. The largest absolute Gasteiger partial charge is 0.481 e. The summed E-state index contributed by atoms with van der Waals surface area (Å²) in [5.41, 5.74) is 0.801. The Bertz CT molecular complexity index is 518. The molecule has 1 aliphatic carbocycles. The first kappa shape index (κ1) is 15.5. The second-order valence-electron chi connectivity index (χ2n) is 5.82. The van der Waals surface area contributed by atoms with Gasteiger partial charge in [-0.2, -0.15) is 0 Å². The number of carbonyl (C=O) groups excluding carboxylic acids is 1. The predicted octanol–water partition coefficient (Wildman–Crippen LogP) is 2.21. The van der Waals surface area contributed by atoms with Gasteiger partial charge in [-0.3, -0.25) is 9.59 Å². The molecule has 5 heteroatoms. The summed E-state index contributed by atoms with van der Waals surface area (Å²) in [5.74, 6) is -1.07. The van der Waals surface area contributed by atoms with Crippen molar-refractivity contribution in [2.75, 3.05) is 6.54 Å². The van der Waals surface area contributed by atoms with E-state index < -0.39 is 11.4 Å². The second-order valence-corrected chi connectivity index (χ2v) is 5.82. The van der Waals surface area contributed by atoms with Crippen LogP contribution in [-0.2, 0) is 16.1 Å². The molecule has 0 heterocycles. The molecule has 2 rings (SSSR count). The highest BCUT2D eigenvalue weighted by Gasteiger charge is 2.50. The van der Waals surface area contributed by atoms with E-state index in [1.165, 1.54) is 0 Å². The first-order valence-corrected chi connectivity index (χ1v) is 7.15. The van der Waals surface area contributed by atoms with Crippen LogP contribution in [0.25, 0.3) is 0 Å². The number of amides is 1. The number of hydrogen-bond donors (Lipinski definition) is 2. The number of hydrogen-bond acceptors (Lipinski definition) is 3. The second kappa shape index (κ2) is 6.26. The Hall–Kier alpha value is -1.88. The van der Waals surface area contributed by atoms with Gasteiger partial charge < -0.3 is 15.2 Å². The minimum absolute atomic E-state index is 0.165. The Labute approximate surface area is 124 Å². The molecule has 5 nitrogen and oxygen atoms in total. The SMILES string of the molecule is CC(C)OCc1ccc(C(=O)NCC2(C(=O)O)CC2)cc1. The number of nitrogens with one attached hydrogen (secondary N) is 1. The lowest BCUT2D eigenvalue weighted by Crippen LogP contribution is -2.34. The van der Waals surface area contributed by atoms with Crippen LogP contribution < -0.4 is 5.32 Å². The van der Waals surface area contributed by atoms with Crippen molar-refractivity contribution in [3.05, 3.63) is 35.4 Å². The van der Waals surface area contributed by atoms with Gasteiger partial charge in [0, 0.05) is 12.1 Å². The number of carboxylic acid groups (broad SMARTS) is 1. The third kappa shape index (κ3) is 4.04. The van der Waals surface area contributed by atoms with Crippen LogP contribution in [0.5, 0.6) is 0 Å². The molecule has 0 unspecified atom stereocenters. The first-order chi connectivity index (χ1) is 9.93. The summed E-state index contributed by atoms with van der Waals surface area (Å²) in [6, 6.07) is 7.16. The number of carbonyl (C=O) groups is 2. The van der Waals surface area contributed by atoms with Crippen LogP contribution in [0, 0.1) is 5.41 Å². The van der Waals surface area contributed by atoms with Crippen LogP contribution in [0.4, 0.5) is 0 Å². The summed E-state index contributed by atoms with van der Waals surface area (Å²) in [5, 5.41) is 11.8. The van der Waals surface area contributed by atoms with E-state index >= 15 is 0 Å². The Morgan fingerprint density at radius 2 is 1.90 bits per heavy atom. The normalized spacial score (nSPS) is 15.8. The molecule has 21 heavy (non-hydrogen) atoms. The monoisotopic (exact) mass is 291 g/mol. The van der Waals surface area contributed by atoms with Crippen molar-refractivity contribution in [1.82, 2.24) is 5.32 Å². The number of rotatable bonds is 7. The number of ether oxygens (including phenoxy) is 1. The summed E-state index contributed by atoms with van der Waals surface area (Å²) in [6.45, 7) is 4.65. The van der Waals surface area contributed by atoms with Crippen molar-refractivity contribution in [3.8, 4) is 0 Å². The van der Waals surface area contributed by atoms with Crippen molar-refractivity contribution in [2.45, 2.75) is 39.4 Å². The van der Waals surface area contributed by atoms with Crippen LogP contribution in [-0.4, -0.2) is 29.6 Å². The van der Waals surface area contributed by atoms with Crippen molar-refractivity contribution >= 4 is 11.9 Å². The van der Waals surface area contributed by atoms with Gasteiger partial charge in [0.25, 0.3) is 5.91 Å². The Balaban J connectivity index is 1.87. The van der Waals surface area contributed by atoms with Crippen LogP contribution >= 0.6 is 0 Å². The van der Waals surface area contributed by atoms with Gasteiger partial charge in [-0.1, -0.05) is 12.1 Å². The molecule has 1 aliphatic rings. The maximum atomic E-state index is 12.0. The molecule has 0 atom stereocenters. The predicted molar refractivity (Wildman–Crippen MR) is 78.0 cm³/mol. The zero-order chi connectivity index (χ0) is 15.5. The van der Waals surface area contributed by atoms with Crippen molar-refractivity contribution < 1.29 is 19.4 Å². The van der Waals surface area contributed by atoms with Gasteiger partial charge in [0.15, 0.2) is 0 Å². The molecule has 2 N–H and O–H groups in total. The molecule has 1 aromatic rings. The smallest absolute Gasteiger partial charge is 0.311 e. The highest BCUT2D eigenvalue weighted by molar-refractivity contribution is 5.94. The standard InChI is InChI=1S/C16H21NO4/c1-11(2)21-9-12-3-5-13(6-4-12)14(18)17-10-16(7-8-16)15(19)20/h3-6,11H,7-10H2,1-2H3,(H,17,18)(H,19,20). The van der Waals surface area contributed by atoms with E-state index in [2.05, 4.69) is 5.32 Å². The van der Waals surface area contributed by atoms with Gasteiger partial charge in [-0.15, -0.1) is 0 Å². The van der Waals surface area contributed by atoms with Gasteiger partial charge >= 0.3 is 5.97 Å². The van der Waals surface area contributed by atoms with Gasteiger partial charge in [-0.05, 0) is 44.4 Å². The summed E-state index contributed by atoms with van der Waals surface area (Å²) in [4.78, 5) is 23.0. The number of aliphatic carboxylic acids is 1. The fraction of sp³-hybridized carbons (Fsp3) is 0.500.